The summed E-state index contributed by atoms with van der Waals surface area (Å²) in [5, 5.41) is 0.926. The quantitative estimate of drug-likeness (QED) is 0.717. The SMILES string of the molecule is CC1CC(=O)N(c2cccc3cccnc23)C1=O. The Morgan fingerprint density at radius 2 is 2.00 bits per heavy atom. The summed E-state index contributed by atoms with van der Waals surface area (Å²) in [6.07, 6.45) is 1.95. The Balaban J connectivity index is 2.21. The van der Waals surface area contributed by atoms with Crippen molar-refractivity contribution in [3.05, 3.63) is 36.5 Å². The first-order valence-corrected chi connectivity index (χ1v) is 5.89. The van der Waals surface area contributed by atoms with Crippen LogP contribution in [0.4, 0.5) is 5.69 Å². The monoisotopic (exact) mass is 240 g/mol. The second-order valence-corrected chi connectivity index (χ2v) is 4.52. The molecule has 4 nitrogen and oxygen atoms in total. The van der Waals surface area contributed by atoms with E-state index in [4.69, 9.17) is 0 Å². The number of hydrogen-bond donors (Lipinski definition) is 0. The molecule has 1 aliphatic heterocycles. The van der Waals surface area contributed by atoms with E-state index < -0.39 is 0 Å². The van der Waals surface area contributed by atoms with Gasteiger partial charge in [-0.3, -0.25) is 14.6 Å². The molecule has 1 aromatic carbocycles. The van der Waals surface area contributed by atoms with Gasteiger partial charge in [0.2, 0.25) is 11.8 Å². The second-order valence-electron chi connectivity index (χ2n) is 4.52. The largest absolute Gasteiger partial charge is 0.274 e. The van der Waals surface area contributed by atoms with Crippen LogP contribution in [0.3, 0.4) is 0 Å². The Labute approximate surface area is 104 Å². The molecule has 2 aromatic rings. The molecule has 0 N–H and O–H groups in total. The van der Waals surface area contributed by atoms with Gasteiger partial charge in [-0.2, -0.15) is 0 Å². The van der Waals surface area contributed by atoms with E-state index in [1.807, 2.05) is 24.3 Å². The van der Waals surface area contributed by atoms with Crippen LogP contribution in [0.2, 0.25) is 0 Å². The first kappa shape index (κ1) is 10.9. The molecule has 4 heteroatoms. The zero-order chi connectivity index (χ0) is 12.7. The molecule has 1 aromatic heterocycles. The molecule has 0 spiro atoms. The van der Waals surface area contributed by atoms with Crippen molar-refractivity contribution in [1.29, 1.82) is 0 Å². The van der Waals surface area contributed by atoms with Gasteiger partial charge in [0.05, 0.1) is 11.2 Å². The highest BCUT2D eigenvalue weighted by molar-refractivity contribution is 6.23. The third-order valence-electron chi connectivity index (χ3n) is 3.22. The lowest BCUT2D eigenvalue weighted by atomic mass is 10.1. The van der Waals surface area contributed by atoms with Crippen molar-refractivity contribution >= 4 is 28.4 Å². The number of fused-ring (bicyclic) bond motifs is 1. The van der Waals surface area contributed by atoms with Gasteiger partial charge in [0.25, 0.3) is 0 Å². The van der Waals surface area contributed by atoms with E-state index in [1.165, 1.54) is 4.90 Å². The van der Waals surface area contributed by atoms with Gasteiger partial charge >= 0.3 is 0 Å². The Morgan fingerprint density at radius 3 is 2.72 bits per heavy atom. The van der Waals surface area contributed by atoms with Crippen LogP contribution in [0.1, 0.15) is 13.3 Å². The highest BCUT2D eigenvalue weighted by Crippen LogP contribution is 2.30. The normalized spacial score (nSPS) is 19.8. The van der Waals surface area contributed by atoms with E-state index in [2.05, 4.69) is 4.98 Å². The summed E-state index contributed by atoms with van der Waals surface area (Å²) in [7, 11) is 0. The zero-order valence-electron chi connectivity index (χ0n) is 9.96. The Kier molecular flexibility index (Phi) is 2.37. The molecule has 2 heterocycles. The summed E-state index contributed by atoms with van der Waals surface area (Å²) in [4.78, 5) is 29.5. The van der Waals surface area contributed by atoms with Crippen LogP contribution in [-0.4, -0.2) is 16.8 Å². The van der Waals surface area contributed by atoms with Gasteiger partial charge in [0, 0.05) is 23.9 Å². The topological polar surface area (TPSA) is 50.3 Å². The van der Waals surface area contributed by atoms with Crippen LogP contribution in [0, 0.1) is 5.92 Å². The number of pyridine rings is 1. The van der Waals surface area contributed by atoms with Crippen molar-refractivity contribution in [2.75, 3.05) is 4.90 Å². The molecule has 1 aliphatic rings. The number of carbonyl (C=O) groups excluding carboxylic acids is 2. The minimum absolute atomic E-state index is 0.141. The Bertz CT molecular complexity index is 646. The van der Waals surface area contributed by atoms with E-state index >= 15 is 0 Å². The molecule has 1 fully saturated rings. The number of amides is 2. The minimum Gasteiger partial charge on any atom is -0.274 e. The Hall–Kier alpha value is -2.23. The van der Waals surface area contributed by atoms with Crippen molar-refractivity contribution in [3.63, 3.8) is 0 Å². The number of hydrogen-bond acceptors (Lipinski definition) is 3. The number of anilines is 1. The molecule has 2 amide bonds. The van der Waals surface area contributed by atoms with E-state index in [1.54, 1.807) is 19.2 Å². The van der Waals surface area contributed by atoms with Crippen molar-refractivity contribution in [2.24, 2.45) is 5.92 Å². The van der Waals surface area contributed by atoms with Gasteiger partial charge in [-0.25, -0.2) is 4.90 Å². The van der Waals surface area contributed by atoms with Crippen LogP contribution in [-0.2, 0) is 9.59 Å². The molecule has 18 heavy (non-hydrogen) atoms. The van der Waals surface area contributed by atoms with Gasteiger partial charge in [-0.05, 0) is 12.1 Å². The summed E-state index contributed by atoms with van der Waals surface area (Å²) in [6.45, 7) is 1.78. The first-order valence-electron chi connectivity index (χ1n) is 5.89. The summed E-state index contributed by atoms with van der Waals surface area (Å²) in [5.41, 5.74) is 1.28. The van der Waals surface area contributed by atoms with Crippen LogP contribution in [0.15, 0.2) is 36.5 Å². The smallest absolute Gasteiger partial charge is 0.237 e. The zero-order valence-corrected chi connectivity index (χ0v) is 9.96. The lowest BCUT2D eigenvalue weighted by molar-refractivity contribution is -0.122. The highest BCUT2D eigenvalue weighted by atomic mass is 16.2. The number of benzene rings is 1. The number of carbonyl (C=O) groups is 2. The molecule has 1 unspecified atom stereocenters. The minimum atomic E-state index is -0.239. The molecular formula is C14H12N2O2. The Morgan fingerprint density at radius 1 is 1.22 bits per heavy atom. The number of nitrogens with zero attached hydrogens (tertiary/aromatic N) is 2. The van der Waals surface area contributed by atoms with Crippen molar-refractivity contribution < 1.29 is 9.59 Å². The fourth-order valence-electron chi connectivity index (χ4n) is 2.31. The second kappa shape index (κ2) is 3.91. The maximum absolute atomic E-state index is 12.0. The van der Waals surface area contributed by atoms with Gasteiger partial charge < -0.3 is 0 Å². The standard InChI is InChI=1S/C14H12N2O2/c1-9-8-12(17)16(14(9)18)11-6-2-4-10-5-3-7-15-13(10)11/h2-7,9H,8H2,1H3. The predicted molar refractivity (Wildman–Crippen MR) is 68.0 cm³/mol. The van der Waals surface area contributed by atoms with Gasteiger partial charge in [-0.1, -0.05) is 25.1 Å². The maximum atomic E-state index is 12.0. The fourth-order valence-corrected chi connectivity index (χ4v) is 2.31. The average molecular weight is 240 g/mol. The van der Waals surface area contributed by atoms with E-state index in [0.717, 1.165) is 5.39 Å². The van der Waals surface area contributed by atoms with Crippen LogP contribution in [0.5, 0.6) is 0 Å². The van der Waals surface area contributed by atoms with E-state index in [9.17, 15) is 9.59 Å². The number of imide groups is 1. The summed E-state index contributed by atoms with van der Waals surface area (Å²) in [5.74, 6) is -0.528. The molecule has 0 radical (unpaired) electrons. The predicted octanol–water partition coefficient (Wildman–Crippen LogP) is 2.13. The van der Waals surface area contributed by atoms with Gasteiger partial charge in [0.1, 0.15) is 0 Å². The summed E-state index contributed by atoms with van der Waals surface area (Å²) >= 11 is 0. The molecular weight excluding hydrogens is 228 g/mol. The van der Waals surface area contributed by atoms with Crippen molar-refractivity contribution in [3.8, 4) is 0 Å². The van der Waals surface area contributed by atoms with E-state index in [0.29, 0.717) is 11.2 Å². The van der Waals surface area contributed by atoms with Crippen LogP contribution < -0.4 is 4.90 Å². The summed E-state index contributed by atoms with van der Waals surface area (Å²) < 4.78 is 0. The van der Waals surface area contributed by atoms with Gasteiger partial charge in [-0.15, -0.1) is 0 Å². The molecule has 0 bridgehead atoms. The molecule has 0 saturated carbocycles. The maximum Gasteiger partial charge on any atom is 0.237 e. The molecule has 1 saturated heterocycles. The lowest BCUT2D eigenvalue weighted by Crippen LogP contribution is -2.30. The molecule has 1 atom stereocenters. The molecule has 3 rings (SSSR count). The van der Waals surface area contributed by atoms with Crippen molar-refractivity contribution in [1.82, 2.24) is 4.98 Å². The van der Waals surface area contributed by atoms with E-state index in [-0.39, 0.29) is 24.2 Å². The number of rotatable bonds is 1. The number of aromatic nitrogens is 1. The first-order chi connectivity index (χ1) is 8.68. The van der Waals surface area contributed by atoms with Crippen LogP contribution >= 0.6 is 0 Å². The molecule has 90 valence electrons. The fraction of sp³-hybridized carbons (Fsp3) is 0.214. The third-order valence-corrected chi connectivity index (χ3v) is 3.22. The summed E-state index contributed by atoms with van der Waals surface area (Å²) in [6, 6.07) is 9.27. The average Bonchev–Trinajstić information content (AvgIpc) is 2.63. The highest BCUT2D eigenvalue weighted by Gasteiger charge is 2.37. The van der Waals surface area contributed by atoms with Crippen molar-refractivity contribution in [2.45, 2.75) is 13.3 Å². The lowest BCUT2D eigenvalue weighted by Gasteiger charge is -2.15. The molecule has 0 aliphatic carbocycles. The number of para-hydroxylation sites is 1. The van der Waals surface area contributed by atoms with Crippen LogP contribution in [0.25, 0.3) is 10.9 Å². The van der Waals surface area contributed by atoms with Gasteiger partial charge in [0.15, 0.2) is 0 Å². The third kappa shape index (κ3) is 1.49.